The Balaban J connectivity index is 1.58. The van der Waals surface area contributed by atoms with E-state index in [1.54, 1.807) is 0 Å². The van der Waals surface area contributed by atoms with Crippen molar-refractivity contribution in [3.8, 4) is 0 Å². The molecule has 3 rings (SSSR count). The van der Waals surface area contributed by atoms with Gasteiger partial charge in [-0.2, -0.15) is 0 Å². The first-order valence-corrected chi connectivity index (χ1v) is 8.36. The summed E-state index contributed by atoms with van der Waals surface area (Å²) in [5.41, 5.74) is 4.31. The molecule has 0 radical (unpaired) electrons. The van der Waals surface area contributed by atoms with Gasteiger partial charge in [-0.3, -0.25) is 9.69 Å². The summed E-state index contributed by atoms with van der Waals surface area (Å²) in [6, 6.07) is 16.2. The maximum atomic E-state index is 12.2. The van der Waals surface area contributed by atoms with Crippen LogP contribution in [0, 0.1) is 6.92 Å². The number of hydrogen-bond acceptors (Lipinski definition) is 2. The van der Waals surface area contributed by atoms with E-state index in [1.807, 2.05) is 31.2 Å². The van der Waals surface area contributed by atoms with Crippen LogP contribution in [0.3, 0.4) is 0 Å². The van der Waals surface area contributed by atoms with Crippen LogP contribution in [0.1, 0.15) is 39.9 Å². The molecule has 0 unspecified atom stereocenters. The van der Waals surface area contributed by atoms with Crippen LogP contribution in [-0.2, 0) is 13.1 Å². The van der Waals surface area contributed by atoms with Gasteiger partial charge in [0, 0.05) is 18.7 Å². The molecule has 0 saturated carbocycles. The number of nitrogens with one attached hydrogen (secondary N) is 1. The Morgan fingerprint density at radius 2 is 1.78 bits per heavy atom. The average molecular weight is 308 g/mol. The second kappa shape index (κ2) is 7.42. The van der Waals surface area contributed by atoms with Gasteiger partial charge in [-0.05, 0) is 56.1 Å². The van der Waals surface area contributed by atoms with Crippen molar-refractivity contribution in [3.05, 3.63) is 70.8 Å². The van der Waals surface area contributed by atoms with Crippen molar-refractivity contribution < 1.29 is 4.79 Å². The third-order valence-corrected chi connectivity index (χ3v) is 4.33. The van der Waals surface area contributed by atoms with Crippen molar-refractivity contribution in [2.75, 3.05) is 13.1 Å². The van der Waals surface area contributed by atoms with Gasteiger partial charge in [-0.1, -0.05) is 42.0 Å². The standard InChI is InChI=1S/C20H24N2O/c1-16-6-4-9-19(12-16)20(23)21-14-17-7-5-8-18(13-17)15-22-10-2-3-11-22/h4-9,12-13H,2-3,10-11,14-15H2,1H3,(H,21,23). The molecular formula is C20H24N2O. The highest BCUT2D eigenvalue weighted by Crippen LogP contribution is 2.14. The Labute approximate surface area is 138 Å². The number of amides is 1. The van der Waals surface area contributed by atoms with Crippen LogP contribution >= 0.6 is 0 Å². The van der Waals surface area contributed by atoms with Crippen molar-refractivity contribution in [3.63, 3.8) is 0 Å². The molecule has 1 aliphatic rings. The zero-order valence-electron chi connectivity index (χ0n) is 13.7. The van der Waals surface area contributed by atoms with E-state index >= 15 is 0 Å². The topological polar surface area (TPSA) is 32.3 Å². The summed E-state index contributed by atoms with van der Waals surface area (Å²) >= 11 is 0. The maximum Gasteiger partial charge on any atom is 0.251 e. The molecule has 0 atom stereocenters. The smallest absolute Gasteiger partial charge is 0.251 e. The Bertz CT molecular complexity index is 675. The first-order chi connectivity index (χ1) is 11.2. The first kappa shape index (κ1) is 15.8. The molecule has 0 aliphatic carbocycles. The summed E-state index contributed by atoms with van der Waals surface area (Å²) in [5, 5.41) is 3.01. The summed E-state index contributed by atoms with van der Waals surface area (Å²) in [6.07, 6.45) is 2.62. The van der Waals surface area contributed by atoms with Crippen LogP contribution in [0.4, 0.5) is 0 Å². The zero-order chi connectivity index (χ0) is 16.1. The van der Waals surface area contributed by atoms with Gasteiger partial charge in [0.2, 0.25) is 0 Å². The molecule has 1 heterocycles. The van der Waals surface area contributed by atoms with Gasteiger partial charge in [0.25, 0.3) is 5.91 Å². The Kier molecular flexibility index (Phi) is 5.09. The van der Waals surface area contributed by atoms with Crippen LogP contribution in [0.25, 0.3) is 0 Å². The summed E-state index contributed by atoms with van der Waals surface area (Å²) in [7, 11) is 0. The van der Waals surface area contributed by atoms with Crippen LogP contribution in [0.15, 0.2) is 48.5 Å². The fraction of sp³-hybridized carbons (Fsp3) is 0.350. The SMILES string of the molecule is Cc1cccc(C(=O)NCc2cccc(CN3CCCC3)c2)c1. The number of hydrogen-bond donors (Lipinski definition) is 1. The number of nitrogens with zero attached hydrogens (tertiary/aromatic N) is 1. The molecule has 0 bridgehead atoms. The predicted molar refractivity (Wildman–Crippen MR) is 93.3 cm³/mol. The number of rotatable bonds is 5. The number of carbonyl (C=O) groups excluding carboxylic acids is 1. The van der Waals surface area contributed by atoms with Crippen molar-refractivity contribution in [2.45, 2.75) is 32.9 Å². The average Bonchev–Trinajstić information content (AvgIpc) is 3.06. The van der Waals surface area contributed by atoms with E-state index in [-0.39, 0.29) is 5.91 Å². The number of aryl methyl sites for hydroxylation is 1. The molecule has 1 amide bonds. The monoisotopic (exact) mass is 308 g/mol. The van der Waals surface area contributed by atoms with E-state index in [2.05, 4.69) is 34.5 Å². The van der Waals surface area contributed by atoms with Gasteiger partial charge < -0.3 is 5.32 Å². The number of likely N-dealkylation sites (tertiary alicyclic amines) is 1. The molecule has 2 aromatic carbocycles. The largest absolute Gasteiger partial charge is 0.348 e. The lowest BCUT2D eigenvalue weighted by Gasteiger charge is -2.15. The van der Waals surface area contributed by atoms with E-state index in [4.69, 9.17) is 0 Å². The van der Waals surface area contributed by atoms with Gasteiger partial charge in [-0.15, -0.1) is 0 Å². The predicted octanol–water partition coefficient (Wildman–Crippen LogP) is 3.52. The van der Waals surface area contributed by atoms with Gasteiger partial charge in [0.15, 0.2) is 0 Å². The minimum atomic E-state index is -0.0151. The highest BCUT2D eigenvalue weighted by molar-refractivity contribution is 5.94. The normalized spacial score (nSPS) is 14.8. The molecule has 120 valence electrons. The first-order valence-electron chi connectivity index (χ1n) is 8.36. The zero-order valence-corrected chi connectivity index (χ0v) is 13.7. The minimum Gasteiger partial charge on any atom is -0.348 e. The number of benzene rings is 2. The maximum absolute atomic E-state index is 12.2. The molecule has 1 aliphatic heterocycles. The van der Waals surface area contributed by atoms with E-state index in [9.17, 15) is 4.79 Å². The third kappa shape index (κ3) is 4.42. The van der Waals surface area contributed by atoms with E-state index in [1.165, 1.54) is 31.5 Å². The lowest BCUT2D eigenvalue weighted by Crippen LogP contribution is -2.23. The quantitative estimate of drug-likeness (QED) is 0.916. The Morgan fingerprint density at radius 3 is 2.57 bits per heavy atom. The summed E-state index contributed by atoms with van der Waals surface area (Å²) in [4.78, 5) is 14.7. The minimum absolute atomic E-state index is 0.0151. The fourth-order valence-corrected chi connectivity index (χ4v) is 3.11. The molecule has 3 heteroatoms. The van der Waals surface area contributed by atoms with Crippen molar-refractivity contribution in [2.24, 2.45) is 0 Å². The Morgan fingerprint density at radius 1 is 1.04 bits per heavy atom. The molecule has 1 N–H and O–H groups in total. The molecular weight excluding hydrogens is 284 g/mol. The van der Waals surface area contributed by atoms with E-state index < -0.39 is 0 Å². The van der Waals surface area contributed by atoms with Crippen LogP contribution in [0.2, 0.25) is 0 Å². The second-order valence-electron chi connectivity index (χ2n) is 6.36. The van der Waals surface area contributed by atoms with Gasteiger partial charge in [0.1, 0.15) is 0 Å². The molecule has 0 aromatic heterocycles. The molecule has 0 spiro atoms. The summed E-state index contributed by atoms with van der Waals surface area (Å²) < 4.78 is 0. The van der Waals surface area contributed by atoms with Gasteiger partial charge in [-0.25, -0.2) is 0 Å². The fourth-order valence-electron chi connectivity index (χ4n) is 3.11. The highest BCUT2D eigenvalue weighted by Gasteiger charge is 2.12. The molecule has 2 aromatic rings. The van der Waals surface area contributed by atoms with Crippen molar-refractivity contribution in [1.82, 2.24) is 10.2 Å². The van der Waals surface area contributed by atoms with Crippen molar-refractivity contribution in [1.29, 1.82) is 0 Å². The van der Waals surface area contributed by atoms with Gasteiger partial charge in [0.05, 0.1) is 0 Å². The lowest BCUT2D eigenvalue weighted by molar-refractivity contribution is 0.0951. The molecule has 23 heavy (non-hydrogen) atoms. The third-order valence-electron chi connectivity index (χ3n) is 4.33. The molecule has 1 fully saturated rings. The van der Waals surface area contributed by atoms with Crippen molar-refractivity contribution >= 4 is 5.91 Å². The van der Waals surface area contributed by atoms with Crippen LogP contribution in [0.5, 0.6) is 0 Å². The second-order valence-corrected chi connectivity index (χ2v) is 6.36. The molecule has 1 saturated heterocycles. The van der Waals surface area contributed by atoms with Crippen LogP contribution in [-0.4, -0.2) is 23.9 Å². The highest BCUT2D eigenvalue weighted by atomic mass is 16.1. The summed E-state index contributed by atoms with van der Waals surface area (Å²) in [6.45, 7) is 5.99. The van der Waals surface area contributed by atoms with Gasteiger partial charge >= 0.3 is 0 Å². The lowest BCUT2D eigenvalue weighted by atomic mass is 10.1. The van der Waals surface area contributed by atoms with E-state index in [0.29, 0.717) is 6.54 Å². The Hall–Kier alpha value is -2.13. The van der Waals surface area contributed by atoms with Crippen LogP contribution < -0.4 is 5.32 Å². The summed E-state index contributed by atoms with van der Waals surface area (Å²) in [5.74, 6) is -0.0151. The van der Waals surface area contributed by atoms with E-state index in [0.717, 1.165) is 23.2 Å². The molecule has 3 nitrogen and oxygen atoms in total. The number of carbonyl (C=O) groups is 1.